The zero-order valence-electron chi connectivity index (χ0n) is 11.7. The van der Waals surface area contributed by atoms with Gasteiger partial charge in [-0.3, -0.25) is 0 Å². The van der Waals surface area contributed by atoms with E-state index in [4.69, 9.17) is 9.47 Å². The molecule has 1 N–H and O–H groups in total. The third kappa shape index (κ3) is 2.63. The molecule has 3 rings (SSSR count). The first kappa shape index (κ1) is 12.9. The van der Waals surface area contributed by atoms with Crippen LogP contribution in [0.3, 0.4) is 0 Å². The van der Waals surface area contributed by atoms with Gasteiger partial charge in [-0.25, -0.2) is 0 Å². The van der Waals surface area contributed by atoms with Crippen LogP contribution in [0.5, 0.6) is 5.75 Å². The molecule has 1 fully saturated rings. The maximum atomic E-state index is 6.31. The van der Waals surface area contributed by atoms with Crippen LogP contribution >= 0.6 is 0 Å². The predicted molar refractivity (Wildman–Crippen MR) is 75.5 cm³/mol. The Morgan fingerprint density at radius 1 is 1.37 bits per heavy atom. The summed E-state index contributed by atoms with van der Waals surface area (Å²) in [5.41, 5.74) is 1.19. The first-order valence-electron chi connectivity index (χ1n) is 7.42. The summed E-state index contributed by atoms with van der Waals surface area (Å²) in [5.74, 6) is 1.04. The summed E-state index contributed by atoms with van der Waals surface area (Å²) in [5, 5.41) is 3.66. The van der Waals surface area contributed by atoms with Gasteiger partial charge in [-0.2, -0.15) is 0 Å². The molecular formula is C16H23NO2. The first-order chi connectivity index (χ1) is 9.33. The summed E-state index contributed by atoms with van der Waals surface area (Å²) in [6.07, 6.45) is 4.38. The average Bonchev–Trinajstić information content (AvgIpc) is 2.45. The summed E-state index contributed by atoms with van der Waals surface area (Å²) < 4.78 is 12.0. The second-order valence-corrected chi connectivity index (χ2v) is 5.69. The Morgan fingerprint density at radius 2 is 2.26 bits per heavy atom. The van der Waals surface area contributed by atoms with Gasteiger partial charge in [0, 0.05) is 24.6 Å². The highest BCUT2D eigenvalue weighted by molar-refractivity contribution is 5.39. The molecule has 2 atom stereocenters. The summed E-state index contributed by atoms with van der Waals surface area (Å²) >= 11 is 0. The molecule has 2 aliphatic heterocycles. The van der Waals surface area contributed by atoms with Crippen LogP contribution in [0.1, 0.15) is 44.2 Å². The molecule has 0 radical (unpaired) electrons. The largest absolute Gasteiger partial charge is 0.484 e. The van der Waals surface area contributed by atoms with Crippen molar-refractivity contribution in [1.82, 2.24) is 5.32 Å². The molecule has 1 saturated heterocycles. The Bertz CT molecular complexity index is 427. The fraction of sp³-hybridized carbons (Fsp3) is 0.625. The van der Waals surface area contributed by atoms with Crippen LogP contribution in [-0.4, -0.2) is 25.4 Å². The Balaban J connectivity index is 1.86. The maximum absolute atomic E-state index is 6.31. The molecular weight excluding hydrogens is 238 g/mol. The Kier molecular flexibility index (Phi) is 3.76. The van der Waals surface area contributed by atoms with E-state index in [9.17, 15) is 0 Å². The Labute approximate surface area is 115 Å². The molecule has 3 nitrogen and oxygen atoms in total. The second-order valence-electron chi connectivity index (χ2n) is 5.69. The third-order valence-electron chi connectivity index (χ3n) is 4.12. The lowest BCUT2D eigenvalue weighted by atomic mass is 9.83. The lowest BCUT2D eigenvalue weighted by molar-refractivity contribution is -0.0855. The molecule has 1 spiro atoms. The predicted octanol–water partition coefficient (Wildman–Crippen LogP) is 3.06. The number of rotatable bonds is 3. The zero-order chi connectivity index (χ0) is 13.1. The molecule has 0 aromatic heterocycles. The van der Waals surface area contributed by atoms with Crippen LogP contribution in [0.25, 0.3) is 0 Å². The lowest BCUT2D eigenvalue weighted by Crippen LogP contribution is -2.49. The fourth-order valence-electron chi connectivity index (χ4n) is 3.19. The second kappa shape index (κ2) is 5.51. The summed E-state index contributed by atoms with van der Waals surface area (Å²) in [7, 11) is 0. The monoisotopic (exact) mass is 261 g/mol. The van der Waals surface area contributed by atoms with Crippen LogP contribution < -0.4 is 10.1 Å². The molecule has 104 valence electrons. The SMILES string of the molecule is CCCNC1CC2(CCCOC2)Oc2ccccc21. The fourth-order valence-corrected chi connectivity index (χ4v) is 3.19. The van der Waals surface area contributed by atoms with Crippen LogP contribution in [0.15, 0.2) is 24.3 Å². The van der Waals surface area contributed by atoms with Crippen LogP contribution in [0.2, 0.25) is 0 Å². The van der Waals surface area contributed by atoms with Gasteiger partial charge in [-0.05, 0) is 31.9 Å². The summed E-state index contributed by atoms with van der Waals surface area (Å²) in [6, 6.07) is 8.81. The molecule has 0 aliphatic carbocycles. The molecule has 0 bridgehead atoms. The highest BCUT2D eigenvalue weighted by Crippen LogP contribution is 2.42. The topological polar surface area (TPSA) is 30.5 Å². The quantitative estimate of drug-likeness (QED) is 0.907. The number of hydrogen-bond acceptors (Lipinski definition) is 3. The lowest BCUT2D eigenvalue weighted by Gasteiger charge is -2.44. The standard InChI is InChI=1S/C16H23NO2/c1-2-9-17-14-11-16(8-5-10-18-12-16)19-15-7-4-3-6-13(14)15/h3-4,6-7,14,17H,2,5,8-12H2,1H3. The van der Waals surface area contributed by atoms with Gasteiger partial charge in [-0.15, -0.1) is 0 Å². The molecule has 2 aliphatic rings. The van der Waals surface area contributed by atoms with Gasteiger partial charge in [0.15, 0.2) is 0 Å². The van der Waals surface area contributed by atoms with Crippen molar-refractivity contribution in [1.29, 1.82) is 0 Å². The first-order valence-corrected chi connectivity index (χ1v) is 7.42. The van der Waals surface area contributed by atoms with Crippen molar-refractivity contribution in [2.45, 2.75) is 44.2 Å². The minimum absolute atomic E-state index is 0.113. The van der Waals surface area contributed by atoms with Crippen LogP contribution in [0.4, 0.5) is 0 Å². The normalized spacial score (nSPS) is 29.8. The number of nitrogens with one attached hydrogen (secondary N) is 1. The minimum atomic E-state index is -0.113. The Morgan fingerprint density at radius 3 is 3.05 bits per heavy atom. The van der Waals surface area contributed by atoms with Gasteiger partial charge < -0.3 is 14.8 Å². The number of benzene rings is 1. The van der Waals surface area contributed by atoms with Gasteiger partial charge in [0.05, 0.1) is 6.61 Å². The van der Waals surface area contributed by atoms with E-state index in [2.05, 4.69) is 36.5 Å². The van der Waals surface area contributed by atoms with Gasteiger partial charge in [-0.1, -0.05) is 25.1 Å². The van der Waals surface area contributed by atoms with E-state index in [1.165, 1.54) is 5.56 Å². The van der Waals surface area contributed by atoms with Gasteiger partial charge >= 0.3 is 0 Å². The molecule has 3 heteroatoms. The van der Waals surface area contributed by atoms with Crippen molar-refractivity contribution < 1.29 is 9.47 Å². The van der Waals surface area contributed by atoms with E-state index < -0.39 is 0 Å². The number of para-hydroxylation sites is 1. The molecule has 0 amide bonds. The third-order valence-corrected chi connectivity index (χ3v) is 4.12. The number of fused-ring (bicyclic) bond motifs is 1. The highest BCUT2D eigenvalue weighted by Gasteiger charge is 2.42. The molecule has 0 saturated carbocycles. The van der Waals surface area contributed by atoms with Crippen LogP contribution in [-0.2, 0) is 4.74 Å². The van der Waals surface area contributed by atoms with E-state index in [0.29, 0.717) is 6.04 Å². The number of ether oxygens (including phenoxy) is 2. The molecule has 19 heavy (non-hydrogen) atoms. The van der Waals surface area contributed by atoms with Gasteiger partial charge in [0.1, 0.15) is 11.4 Å². The van der Waals surface area contributed by atoms with E-state index >= 15 is 0 Å². The van der Waals surface area contributed by atoms with E-state index in [-0.39, 0.29) is 5.60 Å². The van der Waals surface area contributed by atoms with Gasteiger partial charge in [0.2, 0.25) is 0 Å². The smallest absolute Gasteiger partial charge is 0.134 e. The van der Waals surface area contributed by atoms with Gasteiger partial charge in [0.25, 0.3) is 0 Å². The van der Waals surface area contributed by atoms with Crippen molar-refractivity contribution in [3.63, 3.8) is 0 Å². The van der Waals surface area contributed by atoms with Crippen molar-refractivity contribution in [3.05, 3.63) is 29.8 Å². The van der Waals surface area contributed by atoms with E-state index in [1.807, 2.05) is 0 Å². The van der Waals surface area contributed by atoms with Crippen molar-refractivity contribution in [3.8, 4) is 5.75 Å². The van der Waals surface area contributed by atoms with E-state index in [0.717, 1.165) is 51.2 Å². The van der Waals surface area contributed by atoms with Crippen molar-refractivity contribution in [2.75, 3.05) is 19.8 Å². The zero-order valence-corrected chi connectivity index (χ0v) is 11.7. The van der Waals surface area contributed by atoms with E-state index in [1.54, 1.807) is 0 Å². The molecule has 2 heterocycles. The Hall–Kier alpha value is -1.06. The van der Waals surface area contributed by atoms with Crippen LogP contribution in [0, 0.1) is 0 Å². The van der Waals surface area contributed by atoms with Crippen molar-refractivity contribution in [2.24, 2.45) is 0 Å². The average molecular weight is 261 g/mol. The summed E-state index contributed by atoms with van der Waals surface area (Å²) in [4.78, 5) is 0. The number of hydrogen-bond donors (Lipinski definition) is 1. The maximum Gasteiger partial charge on any atom is 0.134 e. The molecule has 2 unspecified atom stereocenters. The molecule has 1 aromatic carbocycles. The highest BCUT2D eigenvalue weighted by atomic mass is 16.5. The summed E-state index contributed by atoms with van der Waals surface area (Å²) in [6.45, 7) is 4.86. The molecule has 1 aromatic rings. The van der Waals surface area contributed by atoms with Crippen molar-refractivity contribution >= 4 is 0 Å². The minimum Gasteiger partial charge on any atom is -0.484 e.